The lowest BCUT2D eigenvalue weighted by Gasteiger charge is -2.09. The molecule has 3 aromatic rings. The van der Waals surface area contributed by atoms with Crippen LogP contribution in [-0.2, 0) is 10.0 Å². The summed E-state index contributed by atoms with van der Waals surface area (Å²) in [5, 5.41) is 12.3. The summed E-state index contributed by atoms with van der Waals surface area (Å²) in [4.78, 5) is 10.3. The third-order valence-corrected chi connectivity index (χ3v) is 5.74. The molecule has 0 atom stereocenters. The molecule has 1 aromatic heterocycles. The summed E-state index contributed by atoms with van der Waals surface area (Å²) in [6.45, 7) is 1.77. The van der Waals surface area contributed by atoms with E-state index in [-0.39, 0.29) is 10.6 Å². The highest BCUT2D eigenvalue weighted by molar-refractivity contribution is 7.90. The molecule has 0 saturated heterocycles. The van der Waals surface area contributed by atoms with E-state index in [4.69, 9.17) is 16.3 Å². The van der Waals surface area contributed by atoms with Crippen molar-refractivity contribution in [3.63, 3.8) is 0 Å². The molecule has 7 nitrogen and oxygen atoms in total. The first kappa shape index (κ1) is 17.2. The van der Waals surface area contributed by atoms with Crippen LogP contribution in [0.4, 0.5) is 5.69 Å². The number of benzene rings is 2. The molecule has 0 bridgehead atoms. The van der Waals surface area contributed by atoms with Crippen LogP contribution in [0.5, 0.6) is 5.75 Å². The zero-order valence-corrected chi connectivity index (χ0v) is 14.8. The maximum absolute atomic E-state index is 13.0. The Labute approximate surface area is 148 Å². The van der Waals surface area contributed by atoms with E-state index in [1.807, 2.05) is 0 Å². The average Bonchev–Trinajstić information content (AvgIpc) is 2.91. The quantitative estimate of drug-likeness (QED) is 0.507. The molecular formula is C16H13ClN2O5S. The van der Waals surface area contributed by atoms with Crippen LogP contribution >= 0.6 is 11.6 Å². The predicted molar refractivity (Wildman–Crippen MR) is 93.9 cm³/mol. The average molecular weight is 381 g/mol. The smallest absolute Gasteiger partial charge is 0.312 e. The lowest BCUT2D eigenvalue weighted by Crippen LogP contribution is -2.12. The minimum Gasteiger partial charge on any atom is -0.490 e. The molecule has 130 valence electrons. The second kappa shape index (κ2) is 6.05. The molecule has 0 aliphatic carbocycles. The molecule has 3 rings (SSSR count). The number of nitro benzene ring substituents is 1. The van der Waals surface area contributed by atoms with Crippen LogP contribution in [0.1, 0.15) is 5.56 Å². The summed E-state index contributed by atoms with van der Waals surface area (Å²) in [5.41, 5.74) is 0.754. The van der Waals surface area contributed by atoms with Crippen molar-refractivity contribution in [3.8, 4) is 5.75 Å². The van der Waals surface area contributed by atoms with Crippen molar-refractivity contribution in [1.82, 2.24) is 3.97 Å². The van der Waals surface area contributed by atoms with Crippen molar-refractivity contribution in [1.29, 1.82) is 0 Å². The number of methoxy groups -OCH3 is 1. The molecule has 0 spiro atoms. The molecule has 1 heterocycles. The Kier molecular flexibility index (Phi) is 4.18. The Hall–Kier alpha value is -2.58. The maximum Gasteiger partial charge on any atom is 0.312 e. The Morgan fingerprint density at radius 1 is 1.20 bits per heavy atom. The normalized spacial score (nSPS) is 11.6. The number of halogens is 1. The number of fused-ring (bicyclic) bond motifs is 1. The standard InChI is InChI=1S/C16H13ClN2O5S/c1-10-9-18(14-5-3-11(17)7-13(10)14)25(22,23)12-4-6-16(24-2)15(8-12)19(20)21/h3-9H,1-2H3. The van der Waals surface area contributed by atoms with Gasteiger partial charge in [-0.3, -0.25) is 10.1 Å². The Morgan fingerprint density at radius 2 is 1.92 bits per heavy atom. The fraction of sp³-hybridized carbons (Fsp3) is 0.125. The summed E-state index contributed by atoms with van der Waals surface area (Å²) in [6, 6.07) is 8.39. The second-order valence-corrected chi connectivity index (χ2v) is 7.62. The van der Waals surface area contributed by atoms with Gasteiger partial charge in [-0.1, -0.05) is 11.6 Å². The molecule has 2 aromatic carbocycles. The van der Waals surface area contributed by atoms with E-state index < -0.39 is 20.6 Å². The SMILES string of the molecule is COc1ccc(S(=O)(=O)n2cc(C)c3cc(Cl)ccc32)cc1[N+](=O)[O-]. The topological polar surface area (TPSA) is 91.4 Å². The maximum atomic E-state index is 13.0. The number of rotatable bonds is 4. The molecule has 0 fully saturated rings. The van der Waals surface area contributed by atoms with Crippen molar-refractivity contribution in [3.05, 3.63) is 63.3 Å². The number of aryl methyl sites for hydroxylation is 1. The summed E-state index contributed by atoms with van der Waals surface area (Å²) in [5.74, 6) is -0.00993. The summed E-state index contributed by atoms with van der Waals surface area (Å²) < 4.78 is 32.0. The van der Waals surface area contributed by atoms with Gasteiger partial charge in [-0.25, -0.2) is 12.4 Å². The van der Waals surface area contributed by atoms with Gasteiger partial charge in [0.25, 0.3) is 10.0 Å². The van der Waals surface area contributed by atoms with Crippen LogP contribution in [0.3, 0.4) is 0 Å². The van der Waals surface area contributed by atoms with Gasteiger partial charge >= 0.3 is 5.69 Å². The van der Waals surface area contributed by atoms with Gasteiger partial charge in [0.2, 0.25) is 0 Å². The molecular weight excluding hydrogens is 368 g/mol. The van der Waals surface area contributed by atoms with Crippen molar-refractivity contribution in [2.75, 3.05) is 7.11 Å². The van der Waals surface area contributed by atoms with Crippen molar-refractivity contribution < 1.29 is 18.1 Å². The predicted octanol–water partition coefficient (Wildman–Crippen LogP) is 3.76. The van der Waals surface area contributed by atoms with Gasteiger partial charge in [0.05, 0.1) is 22.4 Å². The van der Waals surface area contributed by atoms with Gasteiger partial charge < -0.3 is 4.74 Å². The Morgan fingerprint density at radius 3 is 2.56 bits per heavy atom. The van der Waals surface area contributed by atoms with E-state index in [2.05, 4.69) is 0 Å². The Bertz CT molecular complexity index is 1110. The number of ether oxygens (including phenoxy) is 1. The van der Waals surface area contributed by atoms with Crippen molar-refractivity contribution >= 4 is 38.2 Å². The zero-order chi connectivity index (χ0) is 18.4. The minimum atomic E-state index is -4.03. The van der Waals surface area contributed by atoms with Gasteiger partial charge in [-0.2, -0.15) is 0 Å². The molecule has 0 unspecified atom stereocenters. The van der Waals surface area contributed by atoms with E-state index in [0.29, 0.717) is 15.9 Å². The van der Waals surface area contributed by atoms with E-state index in [0.717, 1.165) is 15.6 Å². The van der Waals surface area contributed by atoms with Crippen LogP contribution in [-0.4, -0.2) is 24.4 Å². The largest absolute Gasteiger partial charge is 0.490 e. The first-order chi connectivity index (χ1) is 11.8. The fourth-order valence-corrected chi connectivity index (χ4v) is 4.23. The van der Waals surface area contributed by atoms with Crippen LogP contribution < -0.4 is 4.74 Å². The van der Waals surface area contributed by atoms with Crippen LogP contribution in [0.15, 0.2) is 47.5 Å². The Balaban J connectivity index is 2.24. The highest BCUT2D eigenvalue weighted by Gasteiger charge is 2.25. The highest BCUT2D eigenvalue weighted by Crippen LogP contribution is 2.32. The van der Waals surface area contributed by atoms with E-state index >= 15 is 0 Å². The summed E-state index contributed by atoms with van der Waals surface area (Å²) in [7, 11) is -2.74. The molecule has 9 heteroatoms. The van der Waals surface area contributed by atoms with Crippen molar-refractivity contribution in [2.24, 2.45) is 0 Å². The molecule has 0 N–H and O–H groups in total. The van der Waals surface area contributed by atoms with E-state index in [9.17, 15) is 18.5 Å². The minimum absolute atomic E-state index is 0.00993. The van der Waals surface area contributed by atoms with Gasteiger partial charge in [0.1, 0.15) is 0 Å². The number of hydrogen-bond acceptors (Lipinski definition) is 5. The number of nitrogens with zero attached hydrogens (tertiary/aromatic N) is 2. The summed E-state index contributed by atoms with van der Waals surface area (Å²) >= 11 is 5.97. The second-order valence-electron chi connectivity index (χ2n) is 5.37. The van der Waals surface area contributed by atoms with Gasteiger partial charge in [0, 0.05) is 22.7 Å². The third kappa shape index (κ3) is 2.83. The van der Waals surface area contributed by atoms with Crippen LogP contribution in [0.25, 0.3) is 10.9 Å². The zero-order valence-electron chi connectivity index (χ0n) is 13.3. The van der Waals surface area contributed by atoms with Crippen LogP contribution in [0, 0.1) is 17.0 Å². The van der Waals surface area contributed by atoms with E-state index in [1.165, 1.54) is 25.4 Å². The molecule has 0 saturated carbocycles. The number of hydrogen-bond donors (Lipinski definition) is 0. The fourth-order valence-electron chi connectivity index (χ4n) is 2.62. The molecule has 0 aliphatic heterocycles. The monoisotopic (exact) mass is 380 g/mol. The third-order valence-electron chi connectivity index (χ3n) is 3.84. The van der Waals surface area contributed by atoms with Gasteiger partial charge in [-0.05, 0) is 42.8 Å². The molecule has 0 radical (unpaired) electrons. The van der Waals surface area contributed by atoms with Crippen molar-refractivity contribution in [2.45, 2.75) is 11.8 Å². The first-order valence-corrected chi connectivity index (χ1v) is 8.92. The van der Waals surface area contributed by atoms with E-state index in [1.54, 1.807) is 25.1 Å². The van der Waals surface area contributed by atoms with Gasteiger partial charge in [0.15, 0.2) is 5.75 Å². The highest BCUT2D eigenvalue weighted by atomic mass is 35.5. The number of aromatic nitrogens is 1. The van der Waals surface area contributed by atoms with Gasteiger partial charge in [-0.15, -0.1) is 0 Å². The molecule has 0 amide bonds. The summed E-state index contributed by atoms with van der Waals surface area (Å²) in [6.07, 6.45) is 1.46. The lowest BCUT2D eigenvalue weighted by atomic mass is 10.2. The molecule has 0 aliphatic rings. The molecule has 25 heavy (non-hydrogen) atoms. The first-order valence-electron chi connectivity index (χ1n) is 7.11. The number of nitro groups is 1. The lowest BCUT2D eigenvalue weighted by molar-refractivity contribution is -0.386. The van der Waals surface area contributed by atoms with Crippen LogP contribution in [0.2, 0.25) is 5.02 Å².